The number of nitrogens with two attached hydrogens (primary N) is 1. The van der Waals surface area contributed by atoms with Crippen molar-refractivity contribution in [2.75, 3.05) is 5.73 Å². The molecule has 1 heteroatoms. The number of benzene rings is 3. The van der Waals surface area contributed by atoms with E-state index in [0.717, 1.165) is 5.69 Å². The predicted molar refractivity (Wildman–Crippen MR) is 113 cm³/mol. The summed E-state index contributed by atoms with van der Waals surface area (Å²) in [5.74, 6) is 0. The van der Waals surface area contributed by atoms with E-state index in [-0.39, 0.29) is 0 Å². The molecule has 0 saturated heterocycles. The number of anilines is 1. The lowest BCUT2D eigenvalue weighted by molar-refractivity contribution is 1.37. The van der Waals surface area contributed by atoms with Crippen molar-refractivity contribution >= 4 is 5.69 Å². The number of nitrogen functional groups attached to an aromatic ring is 1. The van der Waals surface area contributed by atoms with Crippen LogP contribution in [0.1, 0.15) is 36.1 Å². The zero-order chi connectivity index (χ0) is 18.8. The maximum atomic E-state index is 5.43. The van der Waals surface area contributed by atoms with Gasteiger partial charge < -0.3 is 5.73 Å². The Bertz CT molecular complexity index is 749. The minimum absolute atomic E-state index is 0.829. The molecular weight excluding hydrogens is 302 g/mol. The van der Waals surface area contributed by atoms with E-state index in [0.29, 0.717) is 0 Å². The molecule has 0 aliphatic heterocycles. The van der Waals surface area contributed by atoms with Gasteiger partial charge in [0.1, 0.15) is 0 Å². The van der Waals surface area contributed by atoms with Gasteiger partial charge in [0.05, 0.1) is 0 Å². The highest BCUT2D eigenvalue weighted by molar-refractivity contribution is 5.70. The van der Waals surface area contributed by atoms with Crippen LogP contribution in [-0.4, -0.2) is 0 Å². The summed E-state index contributed by atoms with van der Waals surface area (Å²) in [6, 6.07) is 22.9. The third kappa shape index (κ3) is 6.46. The second-order valence-corrected chi connectivity index (χ2v) is 6.04. The number of hydrogen-bond donors (Lipinski definition) is 1. The van der Waals surface area contributed by atoms with Crippen LogP contribution in [0.15, 0.2) is 66.7 Å². The quantitative estimate of drug-likeness (QED) is 0.482. The van der Waals surface area contributed by atoms with E-state index in [1.54, 1.807) is 0 Å². The van der Waals surface area contributed by atoms with Crippen LogP contribution < -0.4 is 5.73 Å². The summed E-state index contributed by atoms with van der Waals surface area (Å²) in [6.45, 7) is 12.5. The van der Waals surface area contributed by atoms with Gasteiger partial charge in [-0.1, -0.05) is 79.6 Å². The average Bonchev–Trinajstić information content (AvgIpc) is 2.63. The van der Waals surface area contributed by atoms with Gasteiger partial charge in [-0.15, -0.1) is 0 Å². The summed E-state index contributed by atoms with van der Waals surface area (Å²) in [6.07, 6.45) is 0. The van der Waals surface area contributed by atoms with E-state index in [4.69, 9.17) is 5.73 Å². The normalized spacial score (nSPS) is 9.36. The molecule has 3 aromatic rings. The van der Waals surface area contributed by atoms with Crippen LogP contribution in [0.5, 0.6) is 0 Å². The second kappa shape index (κ2) is 10.4. The Morgan fingerprint density at radius 2 is 1.08 bits per heavy atom. The molecule has 0 heterocycles. The lowest BCUT2D eigenvalue weighted by Gasteiger charge is -2.09. The predicted octanol–water partition coefficient (Wildman–Crippen LogP) is 6.88. The minimum Gasteiger partial charge on any atom is -0.399 e. The van der Waals surface area contributed by atoms with Crippen molar-refractivity contribution < 1.29 is 0 Å². The van der Waals surface area contributed by atoms with Crippen LogP contribution in [0.4, 0.5) is 5.69 Å². The third-order valence-corrected chi connectivity index (χ3v) is 3.91. The molecule has 3 rings (SSSR count). The first kappa shape index (κ1) is 20.5. The Hall–Kier alpha value is -2.54. The van der Waals surface area contributed by atoms with Gasteiger partial charge in [0.2, 0.25) is 0 Å². The lowest BCUT2D eigenvalue weighted by Crippen LogP contribution is -1.87. The molecule has 0 aliphatic rings. The molecule has 0 bridgehead atoms. The molecule has 132 valence electrons. The van der Waals surface area contributed by atoms with Crippen LogP contribution in [0.2, 0.25) is 0 Å². The smallest absolute Gasteiger partial charge is 0.0314 e. The lowest BCUT2D eigenvalue weighted by atomic mass is 9.95. The third-order valence-electron chi connectivity index (χ3n) is 3.91. The van der Waals surface area contributed by atoms with Crippen LogP contribution in [0.25, 0.3) is 11.1 Å². The molecule has 0 unspecified atom stereocenters. The fraction of sp³-hybridized carbons (Fsp3) is 0.250. The second-order valence-electron chi connectivity index (χ2n) is 6.04. The van der Waals surface area contributed by atoms with Gasteiger partial charge in [-0.2, -0.15) is 0 Å². The first-order valence-corrected chi connectivity index (χ1v) is 8.93. The largest absolute Gasteiger partial charge is 0.399 e. The molecule has 0 spiro atoms. The van der Waals surface area contributed by atoms with E-state index in [1.165, 1.54) is 33.4 Å². The van der Waals surface area contributed by atoms with Gasteiger partial charge in [0.25, 0.3) is 0 Å². The van der Waals surface area contributed by atoms with E-state index >= 15 is 0 Å². The molecule has 25 heavy (non-hydrogen) atoms. The van der Waals surface area contributed by atoms with Gasteiger partial charge in [-0.3, -0.25) is 0 Å². The summed E-state index contributed by atoms with van der Waals surface area (Å²) in [7, 11) is 0. The monoisotopic (exact) mass is 333 g/mol. The maximum absolute atomic E-state index is 5.43. The van der Waals surface area contributed by atoms with Gasteiger partial charge in [0, 0.05) is 5.69 Å². The molecule has 0 aromatic heterocycles. The summed E-state index contributed by atoms with van der Waals surface area (Å²) in [5, 5.41) is 0. The minimum atomic E-state index is 0.829. The van der Waals surface area contributed by atoms with Gasteiger partial charge in [0.15, 0.2) is 0 Å². The van der Waals surface area contributed by atoms with E-state index in [9.17, 15) is 0 Å². The molecule has 0 saturated carbocycles. The Kier molecular flexibility index (Phi) is 8.49. The zero-order valence-corrected chi connectivity index (χ0v) is 16.4. The molecule has 1 nitrogen and oxygen atoms in total. The number of rotatable bonds is 1. The van der Waals surface area contributed by atoms with Gasteiger partial charge in [-0.05, 0) is 62.1 Å². The van der Waals surface area contributed by atoms with Crippen molar-refractivity contribution in [2.45, 2.75) is 41.5 Å². The van der Waals surface area contributed by atoms with Crippen LogP contribution in [0.3, 0.4) is 0 Å². The van der Waals surface area contributed by atoms with Crippen molar-refractivity contribution in [3.05, 3.63) is 89.0 Å². The zero-order valence-electron chi connectivity index (χ0n) is 16.4. The fourth-order valence-corrected chi connectivity index (χ4v) is 2.47. The molecule has 0 aliphatic carbocycles. The molecule has 0 radical (unpaired) electrons. The average molecular weight is 334 g/mol. The van der Waals surface area contributed by atoms with Crippen LogP contribution in [0, 0.1) is 27.7 Å². The highest BCUT2D eigenvalue weighted by Gasteiger charge is 2.03. The topological polar surface area (TPSA) is 26.0 Å². The molecule has 0 amide bonds. The van der Waals surface area contributed by atoms with Crippen molar-refractivity contribution in [3.63, 3.8) is 0 Å². The van der Waals surface area contributed by atoms with Gasteiger partial charge in [-0.25, -0.2) is 0 Å². The van der Waals surface area contributed by atoms with Crippen molar-refractivity contribution in [1.82, 2.24) is 0 Å². The first-order valence-electron chi connectivity index (χ1n) is 8.93. The Morgan fingerprint density at radius 3 is 1.64 bits per heavy atom. The SMILES string of the molecule is CC.Cc1ccc(C)c(-c2ccccc2C)c1.Cc1ccc(N)cc1. The van der Waals surface area contributed by atoms with Crippen molar-refractivity contribution in [1.29, 1.82) is 0 Å². The highest BCUT2D eigenvalue weighted by atomic mass is 14.5. The number of hydrogen-bond acceptors (Lipinski definition) is 1. The molecule has 0 atom stereocenters. The highest BCUT2D eigenvalue weighted by Crippen LogP contribution is 2.27. The Labute approximate surface area is 153 Å². The number of aryl methyl sites for hydroxylation is 4. The van der Waals surface area contributed by atoms with Gasteiger partial charge >= 0.3 is 0 Å². The first-order chi connectivity index (χ1) is 12.0. The maximum Gasteiger partial charge on any atom is 0.0314 e. The van der Waals surface area contributed by atoms with Crippen molar-refractivity contribution in [2.24, 2.45) is 0 Å². The summed E-state index contributed by atoms with van der Waals surface area (Å²) in [5.41, 5.74) is 14.2. The summed E-state index contributed by atoms with van der Waals surface area (Å²) in [4.78, 5) is 0. The van der Waals surface area contributed by atoms with E-state index in [1.807, 2.05) is 45.0 Å². The molecular formula is C24H31N. The Balaban J connectivity index is 0.000000264. The summed E-state index contributed by atoms with van der Waals surface area (Å²) >= 11 is 0. The fourth-order valence-electron chi connectivity index (χ4n) is 2.47. The standard InChI is InChI=1S/C15H16.C7H9N.C2H6/c1-11-8-9-13(3)15(10-11)14-7-5-4-6-12(14)2;1-6-2-4-7(8)5-3-6;1-2/h4-10H,1-3H3;2-5H,8H2,1H3;1-2H3. The molecule has 0 fully saturated rings. The molecule has 2 N–H and O–H groups in total. The Morgan fingerprint density at radius 1 is 0.560 bits per heavy atom. The van der Waals surface area contributed by atoms with Crippen molar-refractivity contribution in [3.8, 4) is 11.1 Å². The van der Waals surface area contributed by atoms with Crippen LogP contribution >= 0.6 is 0 Å². The van der Waals surface area contributed by atoms with E-state index in [2.05, 4.69) is 63.2 Å². The summed E-state index contributed by atoms with van der Waals surface area (Å²) < 4.78 is 0. The van der Waals surface area contributed by atoms with Crippen LogP contribution in [-0.2, 0) is 0 Å². The molecule has 3 aromatic carbocycles. The van der Waals surface area contributed by atoms with E-state index < -0.39 is 0 Å².